The number of fused-ring (bicyclic) bond motifs is 1. The second-order valence-electron chi connectivity index (χ2n) is 12.3. The Bertz CT molecular complexity index is 1660. The Hall–Kier alpha value is -4.94. The molecule has 0 saturated carbocycles. The number of aryl methyl sites for hydroxylation is 1. The fraction of sp³-hybridized carbons (Fsp3) is 0.421. The lowest BCUT2D eigenvalue weighted by atomic mass is 10.0. The van der Waals surface area contributed by atoms with Gasteiger partial charge in [-0.1, -0.05) is 48.7 Å². The van der Waals surface area contributed by atoms with Gasteiger partial charge < -0.3 is 35.9 Å². The van der Waals surface area contributed by atoms with Gasteiger partial charge in [0.05, 0.1) is 5.39 Å². The van der Waals surface area contributed by atoms with Gasteiger partial charge >= 0.3 is 0 Å². The Morgan fingerprint density at radius 3 is 2.48 bits per heavy atom. The van der Waals surface area contributed by atoms with Crippen molar-refractivity contribution in [2.24, 2.45) is 16.8 Å². The van der Waals surface area contributed by atoms with E-state index in [0.717, 1.165) is 124 Å². The number of benzene rings is 3. The predicted octanol–water partition coefficient (Wildman–Crippen LogP) is 6.22. The first kappa shape index (κ1) is 37.9. The molecule has 1 heterocycles. The van der Waals surface area contributed by atoms with Gasteiger partial charge in [-0.2, -0.15) is 5.10 Å². The van der Waals surface area contributed by atoms with Crippen molar-refractivity contribution in [2.45, 2.75) is 77.2 Å². The van der Waals surface area contributed by atoms with Gasteiger partial charge in [-0.05, 0) is 87.4 Å². The number of aldehydes is 1. The number of amidine groups is 1. The largest absolute Gasteiger partial charge is 0.490 e. The molecule has 7 N–H and O–H groups in total. The van der Waals surface area contributed by atoms with Gasteiger partial charge in [0, 0.05) is 55.1 Å². The first-order valence-electron chi connectivity index (χ1n) is 17.5. The monoisotopic (exact) mass is 685 g/mol. The first-order chi connectivity index (χ1) is 24.6. The number of ether oxygens (including phenoxy) is 2. The summed E-state index contributed by atoms with van der Waals surface area (Å²) in [5.41, 5.74) is 7.38. The number of amides is 1. The lowest BCUT2D eigenvalue weighted by Gasteiger charge is -2.19. The summed E-state index contributed by atoms with van der Waals surface area (Å²) < 4.78 is 18.0. The smallest absolute Gasteiger partial charge is 0.207 e. The van der Waals surface area contributed by atoms with E-state index in [-0.39, 0.29) is 6.10 Å². The Labute approximate surface area is 294 Å². The van der Waals surface area contributed by atoms with Gasteiger partial charge in [-0.15, -0.1) is 0 Å². The number of unbranched alkanes of at least 4 members (excludes halogenated alkanes) is 6. The molecule has 0 aliphatic carbocycles. The number of hydrazine groups is 1. The van der Waals surface area contributed by atoms with Crippen molar-refractivity contribution < 1.29 is 23.6 Å². The van der Waals surface area contributed by atoms with E-state index in [1.165, 1.54) is 0 Å². The number of aromatic nitrogens is 1. The number of nitrogens with zero attached hydrogens (tertiary/aromatic N) is 2. The summed E-state index contributed by atoms with van der Waals surface area (Å²) in [5, 5.41) is 14.8. The first-order valence-corrected chi connectivity index (χ1v) is 17.5. The molecule has 0 spiro atoms. The van der Waals surface area contributed by atoms with Crippen LogP contribution in [0.1, 0.15) is 85.7 Å². The fourth-order valence-electron chi connectivity index (χ4n) is 5.89. The standard InChI is InChI=1S/C38H51N7O5/c1-28-12-10-16-35(34(28)26-46)42-20-7-5-9-23-48-22-8-4-2-3-6-14-31(19-21-41-27-47)49-32-15-11-13-29(24-32)37-33-25-30(38(43-39)44-40)17-18-36(33)45-50-37/h10-13,15-18,24-27,31,42H,2-9,14,19-23,39-40H2,1H3,(H,41,47)(H,43,44). The highest BCUT2D eigenvalue weighted by atomic mass is 16.5. The lowest BCUT2D eigenvalue weighted by Crippen LogP contribution is -2.31. The van der Waals surface area contributed by atoms with Crippen molar-refractivity contribution in [3.63, 3.8) is 0 Å². The van der Waals surface area contributed by atoms with Gasteiger partial charge in [0.15, 0.2) is 17.9 Å². The third-order valence-electron chi connectivity index (χ3n) is 8.65. The van der Waals surface area contributed by atoms with E-state index in [2.05, 4.69) is 26.3 Å². The van der Waals surface area contributed by atoms with Crippen molar-refractivity contribution in [3.8, 4) is 17.1 Å². The van der Waals surface area contributed by atoms with Gasteiger partial charge in [0.2, 0.25) is 6.41 Å². The molecule has 1 aromatic heterocycles. The number of nitrogens with one attached hydrogen (secondary N) is 3. The van der Waals surface area contributed by atoms with E-state index < -0.39 is 0 Å². The van der Waals surface area contributed by atoms with E-state index in [4.69, 9.17) is 25.7 Å². The summed E-state index contributed by atoms with van der Waals surface area (Å²) >= 11 is 0. The zero-order valence-electron chi connectivity index (χ0n) is 29.0. The number of hydrazone groups is 1. The highest BCUT2D eigenvalue weighted by Gasteiger charge is 2.16. The molecule has 0 saturated heterocycles. The van der Waals surface area contributed by atoms with Gasteiger partial charge in [-0.3, -0.25) is 9.59 Å². The molecular formula is C38H51N7O5. The maximum Gasteiger partial charge on any atom is 0.207 e. The van der Waals surface area contributed by atoms with Gasteiger partial charge in [-0.25, -0.2) is 5.84 Å². The molecule has 1 unspecified atom stereocenters. The highest BCUT2D eigenvalue weighted by Crippen LogP contribution is 2.32. The molecule has 1 atom stereocenters. The van der Waals surface area contributed by atoms with E-state index in [9.17, 15) is 9.59 Å². The highest BCUT2D eigenvalue weighted by molar-refractivity contribution is 6.03. The molecule has 4 rings (SSSR count). The van der Waals surface area contributed by atoms with Gasteiger partial charge in [0.1, 0.15) is 17.4 Å². The number of carbonyl (C=O) groups is 2. The predicted molar refractivity (Wildman–Crippen MR) is 198 cm³/mol. The van der Waals surface area contributed by atoms with Crippen LogP contribution in [0.4, 0.5) is 5.69 Å². The summed E-state index contributed by atoms with van der Waals surface area (Å²) in [6.45, 7) is 4.91. The summed E-state index contributed by atoms with van der Waals surface area (Å²) in [5.74, 6) is 12.7. The van der Waals surface area contributed by atoms with Crippen molar-refractivity contribution in [3.05, 3.63) is 77.4 Å². The quantitative estimate of drug-likeness (QED) is 0.0142. The van der Waals surface area contributed by atoms with Gasteiger partial charge in [0.25, 0.3) is 0 Å². The van der Waals surface area contributed by atoms with Crippen LogP contribution in [0.3, 0.4) is 0 Å². The zero-order valence-corrected chi connectivity index (χ0v) is 29.0. The molecule has 0 radical (unpaired) electrons. The summed E-state index contributed by atoms with van der Waals surface area (Å²) in [6.07, 6.45) is 11.8. The third-order valence-corrected chi connectivity index (χ3v) is 8.65. The van der Waals surface area contributed by atoms with Crippen molar-refractivity contribution in [2.75, 3.05) is 31.6 Å². The number of rotatable bonds is 24. The van der Waals surface area contributed by atoms with Crippen LogP contribution in [-0.2, 0) is 9.53 Å². The molecule has 3 aromatic carbocycles. The number of nitrogens with two attached hydrogens (primary N) is 2. The summed E-state index contributed by atoms with van der Waals surface area (Å²) in [7, 11) is 0. The SMILES string of the molecule is Cc1cccc(NCCCCCOCCCCCCCC(CCNC=O)Oc2cccc(-c3onc4ccc(C(=NN)NN)cc34)c2)c1C=O. The molecule has 12 heteroatoms. The molecule has 1 amide bonds. The number of hydrogen-bond acceptors (Lipinski definition) is 10. The van der Waals surface area contributed by atoms with Crippen molar-refractivity contribution in [1.29, 1.82) is 0 Å². The fourth-order valence-corrected chi connectivity index (χ4v) is 5.89. The number of carbonyl (C=O) groups excluding carboxylic acids is 2. The molecule has 0 aliphatic heterocycles. The summed E-state index contributed by atoms with van der Waals surface area (Å²) in [4.78, 5) is 22.2. The average molecular weight is 686 g/mol. The molecule has 268 valence electrons. The van der Waals surface area contributed by atoms with E-state index in [0.29, 0.717) is 35.6 Å². The normalized spacial score (nSPS) is 12.1. The molecule has 0 bridgehead atoms. The lowest BCUT2D eigenvalue weighted by molar-refractivity contribution is -0.109. The molecule has 4 aromatic rings. The maximum atomic E-state index is 11.3. The molecule has 0 aliphatic rings. The topological polar surface area (TPSA) is 179 Å². The van der Waals surface area contributed by atoms with E-state index in [1.54, 1.807) is 0 Å². The second-order valence-corrected chi connectivity index (χ2v) is 12.3. The van der Waals surface area contributed by atoms with Crippen LogP contribution >= 0.6 is 0 Å². The Balaban J connectivity index is 1.14. The van der Waals surface area contributed by atoms with Crippen LogP contribution in [0.15, 0.2) is 70.3 Å². The molecule has 12 nitrogen and oxygen atoms in total. The summed E-state index contributed by atoms with van der Waals surface area (Å²) in [6, 6.07) is 19.1. The van der Waals surface area contributed by atoms with Crippen LogP contribution in [0.2, 0.25) is 0 Å². The van der Waals surface area contributed by atoms with Crippen molar-refractivity contribution >= 4 is 35.1 Å². The van der Waals surface area contributed by atoms with Crippen LogP contribution < -0.4 is 32.5 Å². The van der Waals surface area contributed by atoms with Crippen LogP contribution in [0.25, 0.3) is 22.2 Å². The molecule has 0 fully saturated rings. The number of hydrogen-bond donors (Lipinski definition) is 5. The number of anilines is 1. The zero-order chi connectivity index (χ0) is 35.4. The average Bonchev–Trinajstić information content (AvgIpc) is 3.56. The minimum atomic E-state index is -0.0443. The van der Waals surface area contributed by atoms with Crippen molar-refractivity contribution in [1.82, 2.24) is 15.9 Å². The minimum Gasteiger partial charge on any atom is -0.490 e. The van der Waals surface area contributed by atoms with E-state index >= 15 is 0 Å². The minimum absolute atomic E-state index is 0.0443. The van der Waals surface area contributed by atoms with Crippen LogP contribution in [0.5, 0.6) is 5.75 Å². The molecule has 50 heavy (non-hydrogen) atoms. The Morgan fingerprint density at radius 1 is 0.920 bits per heavy atom. The Morgan fingerprint density at radius 2 is 1.70 bits per heavy atom. The maximum absolute atomic E-state index is 11.3. The van der Waals surface area contributed by atoms with Crippen LogP contribution in [0, 0.1) is 6.92 Å². The molecular weight excluding hydrogens is 634 g/mol. The van der Waals surface area contributed by atoms with Crippen LogP contribution in [-0.4, -0.2) is 56.1 Å². The Kier molecular flexibility index (Phi) is 16.1. The third kappa shape index (κ3) is 11.6. The van der Waals surface area contributed by atoms with E-state index in [1.807, 2.05) is 67.6 Å². The second kappa shape index (κ2) is 21.2.